The zero-order valence-corrected chi connectivity index (χ0v) is 18.9. The zero-order valence-electron chi connectivity index (χ0n) is 18.2. The van der Waals surface area contributed by atoms with Crippen LogP contribution in [0.3, 0.4) is 0 Å². The van der Waals surface area contributed by atoms with Crippen LogP contribution in [0.15, 0.2) is 42.5 Å². The topological polar surface area (TPSA) is 85.1 Å². The molecule has 2 aromatic carbocycles. The summed E-state index contributed by atoms with van der Waals surface area (Å²) >= 11 is 6.33. The summed E-state index contributed by atoms with van der Waals surface area (Å²) in [7, 11) is 0. The van der Waals surface area contributed by atoms with Crippen LogP contribution in [0.1, 0.15) is 25.2 Å². The molecule has 1 aliphatic heterocycles. The van der Waals surface area contributed by atoms with E-state index in [9.17, 15) is 5.11 Å². The standard InChI is InChI=1S/C24H24ClN5O2/c1-14-27-21(20-22(28-14)30-23(29-20)32-13-24(30,2)3)26-11-10-15-8-9-19(31)17(12-15)16-6-4-5-7-18(16)25/h4-9,12,31H,10-11,13H2,1-3H3,(H,26,27,28). The first kappa shape index (κ1) is 20.6. The number of aromatic nitrogens is 4. The molecular weight excluding hydrogens is 426 g/mol. The first-order valence-electron chi connectivity index (χ1n) is 10.5. The molecule has 164 valence electrons. The van der Waals surface area contributed by atoms with Crippen molar-refractivity contribution in [2.75, 3.05) is 18.5 Å². The molecule has 8 heteroatoms. The number of ether oxygens (including phenoxy) is 1. The van der Waals surface area contributed by atoms with Crippen LogP contribution in [0, 0.1) is 6.92 Å². The molecule has 0 radical (unpaired) electrons. The number of aromatic hydroxyl groups is 1. The fourth-order valence-corrected chi connectivity index (χ4v) is 4.32. The quantitative estimate of drug-likeness (QED) is 0.448. The van der Waals surface area contributed by atoms with Gasteiger partial charge in [0.2, 0.25) is 0 Å². The van der Waals surface area contributed by atoms with Gasteiger partial charge in [0.1, 0.15) is 18.2 Å². The van der Waals surface area contributed by atoms with Crippen molar-refractivity contribution >= 4 is 28.6 Å². The van der Waals surface area contributed by atoms with Crippen molar-refractivity contribution in [2.24, 2.45) is 0 Å². The van der Waals surface area contributed by atoms with E-state index in [-0.39, 0.29) is 11.3 Å². The molecule has 0 aliphatic carbocycles. The van der Waals surface area contributed by atoms with Gasteiger partial charge in [-0.3, -0.25) is 4.57 Å². The van der Waals surface area contributed by atoms with E-state index in [1.807, 2.05) is 47.9 Å². The number of nitrogens with zero attached hydrogens (tertiary/aromatic N) is 4. The number of phenolic OH excluding ortho intramolecular Hbond substituents is 1. The number of aryl methyl sites for hydroxylation is 1. The summed E-state index contributed by atoms with van der Waals surface area (Å²) < 4.78 is 7.80. The summed E-state index contributed by atoms with van der Waals surface area (Å²) in [5.74, 6) is 1.58. The van der Waals surface area contributed by atoms with E-state index in [1.165, 1.54) is 0 Å². The maximum atomic E-state index is 10.4. The van der Waals surface area contributed by atoms with Gasteiger partial charge in [0, 0.05) is 22.7 Å². The molecule has 2 N–H and O–H groups in total. The van der Waals surface area contributed by atoms with Gasteiger partial charge < -0.3 is 15.2 Å². The summed E-state index contributed by atoms with van der Waals surface area (Å²) in [6.07, 6.45) is 0.734. The second kappa shape index (κ2) is 7.67. The number of benzene rings is 2. The maximum absolute atomic E-state index is 10.4. The number of halogens is 1. The minimum atomic E-state index is -0.205. The summed E-state index contributed by atoms with van der Waals surface area (Å²) in [6.45, 7) is 7.31. The third-order valence-corrected chi connectivity index (χ3v) is 6.01. The summed E-state index contributed by atoms with van der Waals surface area (Å²) in [5, 5.41) is 14.4. The number of nitrogens with one attached hydrogen (secondary N) is 1. The SMILES string of the molecule is Cc1nc(NCCc2ccc(O)c(-c3ccccc3Cl)c2)c2nc3n(c2n1)C(C)(C)CO3. The van der Waals surface area contributed by atoms with Gasteiger partial charge in [0.05, 0.1) is 5.54 Å². The highest BCUT2D eigenvalue weighted by atomic mass is 35.5. The maximum Gasteiger partial charge on any atom is 0.299 e. The Morgan fingerprint density at radius 1 is 1.12 bits per heavy atom. The summed E-state index contributed by atoms with van der Waals surface area (Å²) in [5.41, 5.74) is 3.89. The van der Waals surface area contributed by atoms with Crippen LogP contribution in [-0.4, -0.2) is 37.8 Å². The lowest BCUT2D eigenvalue weighted by molar-refractivity contribution is 0.268. The van der Waals surface area contributed by atoms with Gasteiger partial charge in [-0.05, 0) is 51.0 Å². The molecule has 7 nitrogen and oxygen atoms in total. The van der Waals surface area contributed by atoms with Crippen molar-refractivity contribution in [3.8, 4) is 22.9 Å². The Morgan fingerprint density at radius 3 is 2.75 bits per heavy atom. The van der Waals surface area contributed by atoms with Crippen molar-refractivity contribution in [3.05, 3.63) is 58.9 Å². The Kier molecular flexibility index (Phi) is 4.93. The smallest absolute Gasteiger partial charge is 0.299 e. The largest absolute Gasteiger partial charge is 0.507 e. The van der Waals surface area contributed by atoms with Crippen molar-refractivity contribution < 1.29 is 9.84 Å². The molecule has 32 heavy (non-hydrogen) atoms. The number of fused-ring (bicyclic) bond motifs is 3. The van der Waals surface area contributed by atoms with E-state index in [0.717, 1.165) is 28.8 Å². The molecule has 0 saturated carbocycles. The Morgan fingerprint density at radius 2 is 1.94 bits per heavy atom. The predicted molar refractivity (Wildman–Crippen MR) is 126 cm³/mol. The molecule has 0 saturated heterocycles. The molecule has 0 atom stereocenters. The third kappa shape index (κ3) is 3.52. The summed E-state index contributed by atoms with van der Waals surface area (Å²) in [4.78, 5) is 13.8. The van der Waals surface area contributed by atoms with E-state index in [2.05, 4.69) is 34.1 Å². The number of hydrogen-bond donors (Lipinski definition) is 2. The van der Waals surface area contributed by atoms with Crippen molar-refractivity contribution in [1.29, 1.82) is 0 Å². The molecule has 4 aromatic rings. The van der Waals surface area contributed by atoms with Crippen LogP contribution in [0.25, 0.3) is 22.3 Å². The zero-order chi connectivity index (χ0) is 22.5. The van der Waals surface area contributed by atoms with Crippen LogP contribution in [0.4, 0.5) is 5.82 Å². The van der Waals surface area contributed by atoms with Crippen molar-refractivity contribution in [1.82, 2.24) is 19.5 Å². The first-order valence-corrected chi connectivity index (χ1v) is 10.9. The number of imidazole rings is 1. The number of anilines is 1. The van der Waals surface area contributed by atoms with Gasteiger partial charge in [0.25, 0.3) is 6.01 Å². The lowest BCUT2D eigenvalue weighted by atomic mass is 10.0. The van der Waals surface area contributed by atoms with Crippen molar-refractivity contribution in [2.45, 2.75) is 32.7 Å². The van der Waals surface area contributed by atoms with Crippen LogP contribution in [-0.2, 0) is 12.0 Å². The Labute approximate surface area is 191 Å². The van der Waals surface area contributed by atoms with Gasteiger partial charge in [-0.1, -0.05) is 35.9 Å². The monoisotopic (exact) mass is 449 g/mol. The van der Waals surface area contributed by atoms with Gasteiger partial charge in [-0.25, -0.2) is 9.97 Å². The van der Waals surface area contributed by atoms with Crippen LogP contribution in [0.5, 0.6) is 11.8 Å². The molecule has 3 heterocycles. The van der Waals surface area contributed by atoms with E-state index in [4.69, 9.17) is 16.3 Å². The average molecular weight is 450 g/mol. The first-order chi connectivity index (χ1) is 15.3. The highest BCUT2D eigenvalue weighted by Gasteiger charge is 2.35. The Hall–Kier alpha value is -3.32. The minimum Gasteiger partial charge on any atom is -0.507 e. The van der Waals surface area contributed by atoms with E-state index in [0.29, 0.717) is 41.3 Å². The van der Waals surface area contributed by atoms with Gasteiger partial charge in [-0.15, -0.1) is 0 Å². The van der Waals surface area contributed by atoms with Crippen LogP contribution < -0.4 is 10.1 Å². The highest BCUT2D eigenvalue weighted by Crippen LogP contribution is 2.37. The molecule has 1 aliphatic rings. The lowest BCUT2D eigenvalue weighted by Gasteiger charge is -2.18. The Bertz CT molecular complexity index is 1330. The second-order valence-electron chi connectivity index (χ2n) is 8.63. The number of phenols is 1. The van der Waals surface area contributed by atoms with Gasteiger partial charge in [0.15, 0.2) is 17.0 Å². The van der Waals surface area contributed by atoms with E-state index in [1.54, 1.807) is 6.07 Å². The molecule has 0 unspecified atom stereocenters. The second-order valence-corrected chi connectivity index (χ2v) is 9.04. The highest BCUT2D eigenvalue weighted by molar-refractivity contribution is 6.33. The van der Waals surface area contributed by atoms with Crippen molar-refractivity contribution in [3.63, 3.8) is 0 Å². The number of hydrogen-bond acceptors (Lipinski definition) is 6. The molecule has 0 spiro atoms. The van der Waals surface area contributed by atoms with Gasteiger partial charge in [-0.2, -0.15) is 4.98 Å². The molecule has 0 bridgehead atoms. The molecule has 2 aromatic heterocycles. The molecule has 0 amide bonds. The summed E-state index contributed by atoms with van der Waals surface area (Å²) in [6, 6.07) is 13.7. The van der Waals surface area contributed by atoms with E-state index < -0.39 is 0 Å². The molecular formula is C24H24ClN5O2. The fourth-order valence-electron chi connectivity index (χ4n) is 4.08. The normalized spacial score (nSPS) is 14.4. The fraction of sp³-hybridized carbons (Fsp3) is 0.292. The predicted octanol–water partition coefficient (Wildman–Crippen LogP) is 4.94. The number of rotatable bonds is 5. The van der Waals surface area contributed by atoms with Gasteiger partial charge >= 0.3 is 0 Å². The van der Waals surface area contributed by atoms with E-state index >= 15 is 0 Å². The van der Waals surface area contributed by atoms with Crippen LogP contribution >= 0.6 is 11.6 Å². The molecule has 0 fully saturated rings. The average Bonchev–Trinajstić information content (AvgIpc) is 3.27. The van der Waals surface area contributed by atoms with Crippen LogP contribution in [0.2, 0.25) is 5.02 Å². The lowest BCUT2D eigenvalue weighted by Crippen LogP contribution is -2.26. The third-order valence-electron chi connectivity index (χ3n) is 5.68. The molecule has 5 rings (SSSR count). The Balaban J connectivity index is 1.39. The minimum absolute atomic E-state index is 0.205.